The number of para-hydroxylation sites is 1. The topological polar surface area (TPSA) is 56.3 Å². The number of nitrogens with zero attached hydrogens (tertiary/aromatic N) is 2. The minimum absolute atomic E-state index is 0.617. The maximum Gasteiger partial charge on any atom is 0.164 e. The number of allylic oxidation sites excluding steroid dienone is 1. The van der Waals surface area contributed by atoms with Crippen molar-refractivity contribution in [3.05, 3.63) is 66.5 Å². The molecule has 1 heterocycles. The molecule has 0 saturated heterocycles. The van der Waals surface area contributed by atoms with Crippen molar-refractivity contribution in [1.82, 2.24) is 9.97 Å². The van der Waals surface area contributed by atoms with Gasteiger partial charge in [-0.15, -0.1) is 6.58 Å². The van der Waals surface area contributed by atoms with Crippen molar-refractivity contribution >= 4 is 16.7 Å². The van der Waals surface area contributed by atoms with E-state index in [1.165, 1.54) is 0 Å². The van der Waals surface area contributed by atoms with E-state index in [1.54, 1.807) is 20.5 Å². The molecule has 0 saturated carbocycles. The van der Waals surface area contributed by atoms with Crippen molar-refractivity contribution in [3.63, 3.8) is 0 Å². The van der Waals surface area contributed by atoms with Crippen LogP contribution in [0.3, 0.4) is 0 Å². The van der Waals surface area contributed by atoms with Crippen molar-refractivity contribution < 1.29 is 9.47 Å². The first-order valence-corrected chi connectivity index (χ1v) is 8.05. The molecular weight excluding hydrogens is 314 g/mol. The zero-order valence-electron chi connectivity index (χ0n) is 14.5. The molecule has 0 aliphatic heterocycles. The molecule has 0 aliphatic rings. The number of hydrogen-bond acceptors (Lipinski definition) is 5. The van der Waals surface area contributed by atoms with Gasteiger partial charge in [-0.25, -0.2) is 9.97 Å². The van der Waals surface area contributed by atoms with E-state index < -0.39 is 0 Å². The van der Waals surface area contributed by atoms with Crippen LogP contribution in [-0.2, 0) is 13.0 Å². The smallest absolute Gasteiger partial charge is 0.164 e. The van der Waals surface area contributed by atoms with Crippen molar-refractivity contribution in [3.8, 4) is 11.5 Å². The molecule has 0 atom stereocenters. The summed E-state index contributed by atoms with van der Waals surface area (Å²) < 4.78 is 11.0. The largest absolute Gasteiger partial charge is 0.493 e. The number of hydrogen-bond donors (Lipinski definition) is 1. The molecule has 2 aromatic carbocycles. The fourth-order valence-corrected chi connectivity index (χ4v) is 2.85. The van der Waals surface area contributed by atoms with E-state index in [4.69, 9.17) is 9.47 Å². The summed E-state index contributed by atoms with van der Waals surface area (Å²) in [7, 11) is 3.29. The normalized spacial score (nSPS) is 10.5. The van der Waals surface area contributed by atoms with Gasteiger partial charge >= 0.3 is 0 Å². The molecule has 25 heavy (non-hydrogen) atoms. The lowest BCUT2D eigenvalue weighted by Gasteiger charge is -2.15. The molecule has 0 unspecified atom stereocenters. The number of anilines is 1. The van der Waals surface area contributed by atoms with Crippen LogP contribution >= 0.6 is 0 Å². The lowest BCUT2D eigenvalue weighted by molar-refractivity contribution is 0.352. The molecule has 1 N–H and O–H groups in total. The molecule has 3 rings (SSSR count). The Balaban J connectivity index is 1.89. The number of methoxy groups -OCH3 is 2. The van der Waals surface area contributed by atoms with E-state index in [2.05, 4.69) is 27.9 Å². The summed E-state index contributed by atoms with van der Waals surface area (Å²) in [6.07, 6.45) is 4.14. The molecule has 0 spiro atoms. The van der Waals surface area contributed by atoms with Gasteiger partial charge in [-0.1, -0.05) is 18.2 Å². The third kappa shape index (κ3) is 3.55. The Kier molecular flexibility index (Phi) is 5.14. The minimum atomic E-state index is 0.617. The number of benzene rings is 2. The van der Waals surface area contributed by atoms with Crippen LogP contribution in [0.5, 0.6) is 11.5 Å². The predicted octanol–water partition coefficient (Wildman–Crippen LogP) is 3.99. The van der Waals surface area contributed by atoms with E-state index in [0.717, 1.165) is 33.6 Å². The van der Waals surface area contributed by atoms with Gasteiger partial charge in [0.2, 0.25) is 0 Å². The average molecular weight is 335 g/mol. The van der Waals surface area contributed by atoms with E-state index in [0.29, 0.717) is 18.7 Å². The third-order valence-electron chi connectivity index (χ3n) is 3.98. The second-order valence-electron chi connectivity index (χ2n) is 5.58. The van der Waals surface area contributed by atoms with E-state index in [1.807, 2.05) is 36.4 Å². The van der Waals surface area contributed by atoms with Crippen LogP contribution in [0.1, 0.15) is 11.1 Å². The SMILES string of the molecule is C=CCc1cc(CNc2ncnc3ccccc23)cc(OC)c1OC. The fourth-order valence-electron chi connectivity index (χ4n) is 2.85. The highest BCUT2D eigenvalue weighted by Gasteiger charge is 2.12. The third-order valence-corrected chi connectivity index (χ3v) is 3.98. The van der Waals surface area contributed by atoms with Gasteiger partial charge in [-0.05, 0) is 36.2 Å². The summed E-state index contributed by atoms with van der Waals surface area (Å²) in [6, 6.07) is 12.0. The van der Waals surface area contributed by atoms with Crippen LogP contribution in [-0.4, -0.2) is 24.2 Å². The monoisotopic (exact) mass is 335 g/mol. The Bertz CT molecular complexity index is 888. The molecule has 0 aliphatic carbocycles. The van der Waals surface area contributed by atoms with Crippen LogP contribution in [0, 0.1) is 0 Å². The number of ether oxygens (including phenoxy) is 2. The molecule has 1 aromatic heterocycles. The van der Waals surface area contributed by atoms with Crippen molar-refractivity contribution in [2.75, 3.05) is 19.5 Å². The number of nitrogens with one attached hydrogen (secondary N) is 1. The first-order chi connectivity index (χ1) is 12.3. The minimum Gasteiger partial charge on any atom is -0.493 e. The molecule has 128 valence electrons. The second-order valence-corrected chi connectivity index (χ2v) is 5.58. The summed E-state index contributed by atoms with van der Waals surface area (Å²) in [5, 5.41) is 4.39. The molecular formula is C20H21N3O2. The van der Waals surface area contributed by atoms with Gasteiger partial charge in [-0.3, -0.25) is 0 Å². The summed E-state index contributed by atoms with van der Waals surface area (Å²) in [4.78, 5) is 8.65. The molecule has 5 heteroatoms. The van der Waals surface area contributed by atoms with Gasteiger partial charge in [0, 0.05) is 17.5 Å². The summed E-state index contributed by atoms with van der Waals surface area (Å²) in [5.41, 5.74) is 3.04. The number of rotatable bonds is 7. The molecule has 3 aromatic rings. The van der Waals surface area contributed by atoms with Gasteiger partial charge in [0.1, 0.15) is 12.1 Å². The van der Waals surface area contributed by atoms with Crippen LogP contribution in [0.15, 0.2) is 55.4 Å². The summed E-state index contributed by atoms with van der Waals surface area (Å²) in [6.45, 7) is 4.43. The Morgan fingerprint density at radius 2 is 1.96 bits per heavy atom. The maximum absolute atomic E-state index is 5.48. The second kappa shape index (κ2) is 7.66. The zero-order valence-corrected chi connectivity index (χ0v) is 14.5. The highest BCUT2D eigenvalue weighted by atomic mass is 16.5. The number of fused-ring (bicyclic) bond motifs is 1. The van der Waals surface area contributed by atoms with Crippen LogP contribution < -0.4 is 14.8 Å². The molecule has 0 bridgehead atoms. The summed E-state index contributed by atoms with van der Waals surface area (Å²) >= 11 is 0. The van der Waals surface area contributed by atoms with E-state index in [9.17, 15) is 0 Å². The van der Waals surface area contributed by atoms with Crippen molar-refractivity contribution in [2.24, 2.45) is 0 Å². The number of aromatic nitrogens is 2. The highest BCUT2D eigenvalue weighted by molar-refractivity contribution is 5.88. The standard InChI is InChI=1S/C20H21N3O2/c1-4-7-15-10-14(11-18(24-2)19(15)25-3)12-21-20-16-8-5-6-9-17(16)22-13-23-20/h4-6,8-11,13H,1,7,12H2,2-3H3,(H,21,22,23). The Morgan fingerprint density at radius 1 is 1.12 bits per heavy atom. The van der Waals surface area contributed by atoms with Crippen LogP contribution in [0.25, 0.3) is 10.9 Å². The van der Waals surface area contributed by atoms with Gasteiger partial charge in [-0.2, -0.15) is 0 Å². The molecule has 0 radical (unpaired) electrons. The van der Waals surface area contributed by atoms with Gasteiger partial charge < -0.3 is 14.8 Å². The fraction of sp³-hybridized carbons (Fsp3) is 0.200. The highest BCUT2D eigenvalue weighted by Crippen LogP contribution is 2.33. The first kappa shape index (κ1) is 16.8. The molecule has 0 amide bonds. The zero-order chi connectivity index (χ0) is 17.6. The van der Waals surface area contributed by atoms with Crippen molar-refractivity contribution in [2.45, 2.75) is 13.0 Å². The lowest BCUT2D eigenvalue weighted by Crippen LogP contribution is -2.05. The quantitative estimate of drug-likeness (QED) is 0.662. The maximum atomic E-state index is 5.48. The van der Waals surface area contributed by atoms with Gasteiger partial charge in [0.05, 0.1) is 19.7 Å². The molecule has 5 nitrogen and oxygen atoms in total. The lowest BCUT2D eigenvalue weighted by atomic mass is 10.1. The van der Waals surface area contributed by atoms with Gasteiger partial charge in [0.15, 0.2) is 11.5 Å². The molecule has 0 fully saturated rings. The average Bonchev–Trinajstić information content (AvgIpc) is 2.66. The van der Waals surface area contributed by atoms with Crippen LogP contribution in [0.2, 0.25) is 0 Å². The van der Waals surface area contributed by atoms with E-state index in [-0.39, 0.29) is 0 Å². The first-order valence-electron chi connectivity index (χ1n) is 8.05. The Labute approximate surface area is 147 Å². The van der Waals surface area contributed by atoms with Crippen molar-refractivity contribution in [1.29, 1.82) is 0 Å². The van der Waals surface area contributed by atoms with E-state index >= 15 is 0 Å². The Hall–Kier alpha value is -3.08. The van der Waals surface area contributed by atoms with Crippen LogP contribution in [0.4, 0.5) is 5.82 Å². The van der Waals surface area contributed by atoms with Gasteiger partial charge in [0.25, 0.3) is 0 Å². The summed E-state index contributed by atoms with van der Waals surface area (Å²) in [5.74, 6) is 2.27. The predicted molar refractivity (Wildman–Crippen MR) is 100 cm³/mol. The Morgan fingerprint density at radius 3 is 2.72 bits per heavy atom.